The number of carbonyl (C=O) groups is 1. The lowest BCUT2D eigenvalue weighted by atomic mass is 10.1. The van der Waals surface area contributed by atoms with E-state index in [1.807, 2.05) is 32.0 Å². The summed E-state index contributed by atoms with van der Waals surface area (Å²) in [4.78, 5) is 14.7. The van der Waals surface area contributed by atoms with Gasteiger partial charge in [-0.25, -0.2) is 9.18 Å². The molecule has 1 saturated heterocycles. The van der Waals surface area contributed by atoms with E-state index in [-0.39, 0.29) is 30.4 Å². The first-order valence-corrected chi connectivity index (χ1v) is 11.2. The van der Waals surface area contributed by atoms with Crippen LogP contribution in [0.2, 0.25) is 0 Å². The topological polar surface area (TPSA) is 71.0 Å². The van der Waals surface area contributed by atoms with Gasteiger partial charge in [0.05, 0.1) is 24.4 Å². The van der Waals surface area contributed by atoms with E-state index in [0.717, 1.165) is 25.9 Å². The number of nitrogens with one attached hydrogen (secondary N) is 1. The van der Waals surface area contributed by atoms with Crippen LogP contribution in [0.15, 0.2) is 48.5 Å². The molecule has 2 aromatic rings. The summed E-state index contributed by atoms with van der Waals surface area (Å²) in [6, 6.07) is 12.6. The average molecular weight is 445 g/mol. The predicted molar refractivity (Wildman–Crippen MR) is 122 cm³/mol. The summed E-state index contributed by atoms with van der Waals surface area (Å²) in [7, 11) is 0. The first-order valence-electron chi connectivity index (χ1n) is 11.2. The molecule has 0 bridgehead atoms. The van der Waals surface area contributed by atoms with Crippen molar-refractivity contribution < 1.29 is 23.8 Å². The maximum Gasteiger partial charge on any atom is 0.322 e. The van der Waals surface area contributed by atoms with Gasteiger partial charge in [-0.15, -0.1) is 0 Å². The van der Waals surface area contributed by atoms with E-state index in [1.54, 1.807) is 11.0 Å². The molecule has 2 atom stereocenters. The molecule has 32 heavy (non-hydrogen) atoms. The van der Waals surface area contributed by atoms with Gasteiger partial charge in [0.15, 0.2) is 0 Å². The Morgan fingerprint density at radius 1 is 1.19 bits per heavy atom. The molecule has 0 radical (unpaired) electrons. The van der Waals surface area contributed by atoms with Crippen LogP contribution >= 0.6 is 0 Å². The number of nitrogens with zero attached hydrogens (tertiary/aromatic N) is 1. The molecule has 1 aliphatic heterocycles. The fourth-order valence-electron chi connectivity index (χ4n) is 3.69. The molecular weight excluding hydrogens is 411 g/mol. The van der Waals surface area contributed by atoms with Gasteiger partial charge in [0.25, 0.3) is 0 Å². The molecule has 6 nitrogen and oxygen atoms in total. The van der Waals surface area contributed by atoms with Crippen molar-refractivity contribution in [2.75, 3.05) is 31.6 Å². The Hall–Kier alpha value is -2.64. The van der Waals surface area contributed by atoms with E-state index in [2.05, 4.69) is 5.32 Å². The molecule has 0 saturated carbocycles. The van der Waals surface area contributed by atoms with Crippen molar-refractivity contribution in [3.05, 3.63) is 59.9 Å². The number of carbonyl (C=O) groups excluding carboxylic acids is 1. The van der Waals surface area contributed by atoms with Gasteiger partial charge in [-0.3, -0.25) is 0 Å². The molecule has 7 heteroatoms. The van der Waals surface area contributed by atoms with E-state index in [0.29, 0.717) is 30.2 Å². The van der Waals surface area contributed by atoms with Crippen LogP contribution < -0.4 is 10.1 Å². The van der Waals surface area contributed by atoms with Crippen molar-refractivity contribution in [2.24, 2.45) is 5.92 Å². The molecule has 1 fully saturated rings. The van der Waals surface area contributed by atoms with Crippen LogP contribution in [0.25, 0.3) is 0 Å². The first-order chi connectivity index (χ1) is 15.4. The Labute approximate surface area is 189 Å². The molecule has 2 amide bonds. The largest absolute Gasteiger partial charge is 0.489 e. The molecular formula is C25H33FN2O4. The third-order valence-corrected chi connectivity index (χ3v) is 5.35. The van der Waals surface area contributed by atoms with Crippen LogP contribution in [-0.4, -0.2) is 48.4 Å². The van der Waals surface area contributed by atoms with Gasteiger partial charge in [0.2, 0.25) is 0 Å². The fourth-order valence-corrected chi connectivity index (χ4v) is 3.69. The van der Waals surface area contributed by atoms with Crippen molar-refractivity contribution in [1.29, 1.82) is 0 Å². The Kier molecular flexibility index (Phi) is 8.88. The molecule has 0 aliphatic carbocycles. The number of para-hydroxylation sites is 2. The van der Waals surface area contributed by atoms with Crippen molar-refractivity contribution >= 4 is 11.7 Å². The lowest BCUT2D eigenvalue weighted by molar-refractivity contribution is -0.0109. The van der Waals surface area contributed by atoms with Crippen molar-refractivity contribution in [3.8, 4) is 5.75 Å². The number of amides is 2. The predicted octanol–water partition coefficient (Wildman–Crippen LogP) is 5.00. The molecule has 2 N–H and O–H groups in total. The van der Waals surface area contributed by atoms with Crippen LogP contribution in [0.1, 0.15) is 44.8 Å². The number of aliphatic hydroxyl groups is 1. The smallest absolute Gasteiger partial charge is 0.322 e. The van der Waals surface area contributed by atoms with Crippen LogP contribution in [0.4, 0.5) is 14.9 Å². The Morgan fingerprint density at radius 3 is 2.62 bits per heavy atom. The van der Waals surface area contributed by atoms with Gasteiger partial charge in [0.1, 0.15) is 18.2 Å². The van der Waals surface area contributed by atoms with Crippen LogP contribution in [-0.2, 0) is 4.74 Å². The minimum absolute atomic E-state index is 0.0656. The number of aliphatic hydroxyl groups excluding tert-OH is 1. The molecule has 0 aromatic heterocycles. The van der Waals surface area contributed by atoms with Crippen molar-refractivity contribution in [3.63, 3.8) is 0 Å². The number of hydrogen-bond acceptors (Lipinski definition) is 4. The number of urea groups is 1. The van der Waals surface area contributed by atoms with Gasteiger partial charge < -0.3 is 24.8 Å². The number of anilines is 1. The summed E-state index contributed by atoms with van der Waals surface area (Å²) < 4.78 is 24.9. The number of benzene rings is 2. The molecule has 1 heterocycles. The van der Waals surface area contributed by atoms with Crippen LogP contribution in [0, 0.1) is 11.7 Å². The molecule has 1 aliphatic rings. The molecule has 2 unspecified atom stereocenters. The third-order valence-electron chi connectivity index (χ3n) is 5.35. The second kappa shape index (κ2) is 11.8. The Balaban J connectivity index is 1.65. The van der Waals surface area contributed by atoms with Gasteiger partial charge in [-0.05, 0) is 55.0 Å². The monoisotopic (exact) mass is 444 g/mol. The van der Waals surface area contributed by atoms with E-state index in [4.69, 9.17) is 9.47 Å². The van der Waals surface area contributed by atoms with Crippen LogP contribution in [0.3, 0.4) is 0 Å². The number of rotatable bonds is 9. The second-order valence-electron chi connectivity index (χ2n) is 8.59. The summed E-state index contributed by atoms with van der Waals surface area (Å²) >= 11 is 0. The maximum absolute atomic E-state index is 13.2. The quantitative estimate of drug-likeness (QED) is 0.571. The molecule has 0 spiro atoms. The highest BCUT2D eigenvalue weighted by Crippen LogP contribution is 2.26. The number of ether oxygens (including phenoxy) is 2. The molecule has 2 aromatic carbocycles. The van der Waals surface area contributed by atoms with E-state index in [1.165, 1.54) is 24.3 Å². The summed E-state index contributed by atoms with van der Waals surface area (Å²) in [6.45, 7) is 5.76. The number of hydrogen-bond donors (Lipinski definition) is 2. The first kappa shape index (κ1) is 24.0. The fraction of sp³-hybridized carbons (Fsp3) is 0.480. The Bertz CT molecular complexity index is 853. The summed E-state index contributed by atoms with van der Waals surface area (Å²) in [5, 5.41) is 13.5. The molecule has 174 valence electrons. The van der Waals surface area contributed by atoms with E-state index >= 15 is 0 Å². The lowest BCUT2D eigenvalue weighted by Crippen LogP contribution is -2.40. The van der Waals surface area contributed by atoms with Crippen molar-refractivity contribution in [2.45, 2.75) is 45.3 Å². The Morgan fingerprint density at radius 2 is 1.94 bits per heavy atom. The summed E-state index contributed by atoms with van der Waals surface area (Å²) in [5.41, 5.74) is 1.13. The molecule has 3 rings (SSSR count). The summed E-state index contributed by atoms with van der Waals surface area (Å²) in [5.74, 6) is 0.419. The number of halogens is 1. The van der Waals surface area contributed by atoms with Gasteiger partial charge in [0, 0.05) is 13.2 Å². The van der Waals surface area contributed by atoms with Gasteiger partial charge in [-0.2, -0.15) is 0 Å². The standard InChI is InChI=1S/C25H33FN2O4/c1-18(2)15-28(16-23(29)19-10-12-20(26)13-11-19)25(30)27-22-8-3-4-9-24(22)32-17-21-7-5-6-14-31-21/h3-4,8-13,18,21,23,29H,5-7,14-17H2,1-2H3,(H,27,30). The minimum Gasteiger partial charge on any atom is -0.489 e. The highest BCUT2D eigenvalue weighted by molar-refractivity contribution is 5.91. The highest BCUT2D eigenvalue weighted by Gasteiger charge is 2.21. The minimum atomic E-state index is -0.921. The normalized spacial score (nSPS) is 17.1. The zero-order valence-corrected chi connectivity index (χ0v) is 18.8. The maximum atomic E-state index is 13.2. The van der Waals surface area contributed by atoms with E-state index < -0.39 is 6.10 Å². The van der Waals surface area contributed by atoms with Gasteiger partial charge >= 0.3 is 6.03 Å². The van der Waals surface area contributed by atoms with E-state index in [9.17, 15) is 14.3 Å². The van der Waals surface area contributed by atoms with Gasteiger partial charge in [-0.1, -0.05) is 38.1 Å². The zero-order valence-electron chi connectivity index (χ0n) is 18.8. The third kappa shape index (κ3) is 7.21. The average Bonchev–Trinajstić information content (AvgIpc) is 2.79. The lowest BCUT2D eigenvalue weighted by Gasteiger charge is -2.28. The SMILES string of the molecule is CC(C)CN(CC(O)c1ccc(F)cc1)C(=O)Nc1ccccc1OCC1CCCCO1. The van der Waals surface area contributed by atoms with Crippen molar-refractivity contribution in [1.82, 2.24) is 4.90 Å². The second-order valence-corrected chi connectivity index (χ2v) is 8.59. The van der Waals surface area contributed by atoms with Crippen LogP contribution in [0.5, 0.6) is 5.75 Å². The summed E-state index contributed by atoms with van der Waals surface area (Å²) in [6.07, 6.45) is 2.33. The highest BCUT2D eigenvalue weighted by atomic mass is 19.1. The zero-order chi connectivity index (χ0) is 22.9.